The molecule has 0 N–H and O–H groups in total. The molecule has 0 amide bonds. The van der Waals surface area contributed by atoms with Gasteiger partial charge in [0.25, 0.3) is 5.56 Å². The summed E-state index contributed by atoms with van der Waals surface area (Å²) in [6.45, 7) is 2.35. The number of sulfone groups is 1. The monoisotopic (exact) mass is 361 g/mol. The Labute approximate surface area is 145 Å². The number of ether oxygens (including phenoxy) is 1. The lowest BCUT2D eigenvalue weighted by Crippen LogP contribution is -2.19. The summed E-state index contributed by atoms with van der Waals surface area (Å²) in [6.07, 6.45) is 5.96. The van der Waals surface area contributed by atoms with Crippen LogP contribution in [0.25, 0.3) is 16.8 Å². The largest absolute Gasteiger partial charge is 0.493 e. The van der Waals surface area contributed by atoms with Crippen molar-refractivity contribution in [1.29, 1.82) is 0 Å². The van der Waals surface area contributed by atoms with Gasteiger partial charge >= 0.3 is 0 Å². The third kappa shape index (κ3) is 3.43. The average Bonchev–Trinajstić information content (AvgIpc) is 3.01. The number of hydrogen-bond acceptors (Lipinski definition) is 5. The van der Waals surface area contributed by atoms with Crippen LogP contribution < -0.4 is 10.3 Å². The van der Waals surface area contributed by atoms with Crippen molar-refractivity contribution < 1.29 is 13.2 Å². The molecule has 2 heterocycles. The molecule has 0 aliphatic carbocycles. The molecule has 3 aromatic rings. The fourth-order valence-corrected chi connectivity index (χ4v) is 3.57. The molecule has 132 valence electrons. The van der Waals surface area contributed by atoms with E-state index in [1.54, 1.807) is 42.2 Å². The summed E-state index contributed by atoms with van der Waals surface area (Å²) in [5.41, 5.74) is 2.35. The van der Waals surface area contributed by atoms with Gasteiger partial charge in [0.1, 0.15) is 11.3 Å². The molecular formula is C17H19N3O4S. The highest BCUT2D eigenvalue weighted by Crippen LogP contribution is 2.31. The summed E-state index contributed by atoms with van der Waals surface area (Å²) < 4.78 is 32.1. The summed E-state index contributed by atoms with van der Waals surface area (Å²) in [7, 11) is -1.50. The minimum atomic E-state index is -3.16. The zero-order valence-corrected chi connectivity index (χ0v) is 15.1. The van der Waals surface area contributed by atoms with E-state index in [2.05, 4.69) is 4.98 Å². The Balaban J connectivity index is 2.28. The Morgan fingerprint density at radius 3 is 2.72 bits per heavy atom. The van der Waals surface area contributed by atoms with E-state index < -0.39 is 9.84 Å². The van der Waals surface area contributed by atoms with Crippen LogP contribution >= 0.6 is 0 Å². The Morgan fingerprint density at radius 1 is 1.28 bits per heavy atom. The summed E-state index contributed by atoms with van der Waals surface area (Å²) in [6, 6.07) is 5.28. The molecule has 0 atom stereocenters. The highest BCUT2D eigenvalue weighted by molar-refractivity contribution is 7.89. The normalized spacial score (nSPS) is 11.8. The Morgan fingerprint density at radius 2 is 2.04 bits per heavy atom. The first kappa shape index (κ1) is 17.2. The van der Waals surface area contributed by atoms with Crippen molar-refractivity contribution in [3.63, 3.8) is 0 Å². The van der Waals surface area contributed by atoms with Crippen LogP contribution in [0.4, 0.5) is 0 Å². The maximum Gasteiger partial charge on any atom is 0.276 e. The Hall–Kier alpha value is -2.61. The number of aromatic nitrogens is 3. The van der Waals surface area contributed by atoms with Crippen LogP contribution in [0, 0.1) is 0 Å². The van der Waals surface area contributed by atoms with E-state index in [4.69, 9.17) is 4.74 Å². The van der Waals surface area contributed by atoms with Gasteiger partial charge in [0, 0.05) is 25.1 Å². The standard InChI is InChI=1S/C17H19N3O4S/c1-4-24-16-6-5-12(10-25(3,22)23)7-13(16)15-9-19(2)17(21)14-8-18-11-20(14)15/h5-9,11H,4,10H2,1-3H3. The Bertz CT molecular complexity index is 1100. The van der Waals surface area contributed by atoms with Crippen molar-refractivity contribution in [2.24, 2.45) is 7.05 Å². The number of imidazole rings is 1. The van der Waals surface area contributed by atoms with E-state index >= 15 is 0 Å². The molecule has 0 radical (unpaired) electrons. The van der Waals surface area contributed by atoms with Crippen LogP contribution in [0.1, 0.15) is 12.5 Å². The third-order valence-electron chi connectivity index (χ3n) is 3.80. The predicted molar refractivity (Wildman–Crippen MR) is 95.6 cm³/mol. The number of aryl methyl sites for hydroxylation is 1. The third-order valence-corrected chi connectivity index (χ3v) is 4.66. The van der Waals surface area contributed by atoms with Crippen molar-refractivity contribution >= 4 is 15.4 Å². The lowest BCUT2D eigenvalue weighted by atomic mass is 10.1. The van der Waals surface area contributed by atoms with E-state index in [9.17, 15) is 13.2 Å². The molecule has 25 heavy (non-hydrogen) atoms. The molecule has 0 bridgehead atoms. The van der Waals surface area contributed by atoms with Crippen LogP contribution in [0.5, 0.6) is 5.75 Å². The molecular weight excluding hydrogens is 342 g/mol. The van der Waals surface area contributed by atoms with Crippen molar-refractivity contribution in [3.8, 4) is 17.0 Å². The molecule has 0 saturated heterocycles. The first-order valence-corrected chi connectivity index (χ1v) is 9.81. The molecule has 1 aromatic carbocycles. The second kappa shape index (κ2) is 6.36. The molecule has 8 heteroatoms. The smallest absolute Gasteiger partial charge is 0.276 e. The number of nitrogens with zero attached hydrogens (tertiary/aromatic N) is 3. The maximum atomic E-state index is 12.2. The van der Waals surface area contributed by atoms with Gasteiger partial charge in [0.15, 0.2) is 9.84 Å². The lowest BCUT2D eigenvalue weighted by molar-refractivity contribution is 0.341. The summed E-state index contributed by atoms with van der Waals surface area (Å²) >= 11 is 0. The molecule has 0 aliphatic rings. The van der Waals surface area contributed by atoms with E-state index in [0.29, 0.717) is 34.7 Å². The number of hydrogen-bond donors (Lipinski definition) is 0. The molecule has 0 saturated carbocycles. The van der Waals surface area contributed by atoms with Gasteiger partial charge in [-0.3, -0.25) is 9.20 Å². The molecule has 7 nitrogen and oxygen atoms in total. The molecule has 2 aromatic heterocycles. The van der Waals surface area contributed by atoms with Gasteiger partial charge in [0.2, 0.25) is 0 Å². The van der Waals surface area contributed by atoms with E-state index in [-0.39, 0.29) is 11.3 Å². The van der Waals surface area contributed by atoms with Crippen LogP contribution in [0.3, 0.4) is 0 Å². The summed E-state index contributed by atoms with van der Waals surface area (Å²) in [4.78, 5) is 16.3. The Kier molecular flexibility index (Phi) is 4.38. The van der Waals surface area contributed by atoms with Crippen LogP contribution in [0.2, 0.25) is 0 Å². The minimum absolute atomic E-state index is 0.0642. The summed E-state index contributed by atoms with van der Waals surface area (Å²) in [5.74, 6) is 0.555. The number of benzene rings is 1. The first-order chi connectivity index (χ1) is 11.8. The van der Waals surface area contributed by atoms with Crippen molar-refractivity contribution in [2.45, 2.75) is 12.7 Å². The highest BCUT2D eigenvalue weighted by atomic mass is 32.2. The second-order valence-electron chi connectivity index (χ2n) is 5.91. The highest BCUT2D eigenvalue weighted by Gasteiger charge is 2.15. The first-order valence-electron chi connectivity index (χ1n) is 7.75. The van der Waals surface area contributed by atoms with Gasteiger partial charge in [-0.25, -0.2) is 13.4 Å². The predicted octanol–water partition coefficient (Wildman–Crippen LogP) is 1.64. The minimum Gasteiger partial charge on any atom is -0.493 e. The van der Waals surface area contributed by atoms with Gasteiger partial charge in [-0.15, -0.1) is 0 Å². The van der Waals surface area contributed by atoms with Gasteiger partial charge in [-0.05, 0) is 24.6 Å². The van der Waals surface area contributed by atoms with Gasteiger partial charge in [-0.1, -0.05) is 6.07 Å². The van der Waals surface area contributed by atoms with Crippen LogP contribution in [0.15, 0.2) is 41.7 Å². The maximum absolute atomic E-state index is 12.2. The summed E-state index contributed by atoms with van der Waals surface area (Å²) in [5, 5.41) is 0. The van der Waals surface area contributed by atoms with E-state index in [1.165, 1.54) is 17.0 Å². The van der Waals surface area contributed by atoms with Crippen LogP contribution in [-0.4, -0.2) is 35.2 Å². The molecule has 0 spiro atoms. The van der Waals surface area contributed by atoms with Gasteiger partial charge in [-0.2, -0.15) is 0 Å². The van der Waals surface area contributed by atoms with Gasteiger partial charge in [0.05, 0.1) is 30.6 Å². The number of rotatable bonds is 5. The van der Waals surface area contributed by atoms with Crippen LogP contribution in [-0.2, 0) is 22.6 Å². The quantitative estimate of drug-likeness (QED) is 0.690. The topological polar surface area (TPSA) is 82.7 Å². The van der Waals surface area contributed by atoms with Crippen molar-refractivity contribution in [3.05, 3.63) is 52.8 Å². The fourth-order valence-electron chi connectivity index (χ4n) is 2.78. The molecule has 0 aliphatic heterocycles. The van der Waals surface area contributed by atoms with Crippen molar-refractivity contribution in [1.82, 2.24) is 14.0 Å². The van der Waals surface area contributed by atoms with E-state index in [1.807, 2.05) is 6.92 Å². The van der Waals surface area contributed by atoms with E-state index in [0.717, 1.165) is 0 Å². The molecule has 3 rings (SSSR count). The lowest BCUT2D eigenvalue weighted by Gasteiger charge is -2.14. The van der Waals surface area contributed by atoms with Crippen molar-refractivity contribution in [2.75, 3.05) is 12.9 Å². The zero-order valence-electron chi connectivity index (χ0n) is 14.3. The van der Waals surface area contributed by atoms with Gasteiger partial charge < -0.3 is 9.30 Å². The molecule has 0 unspecified atom stereocenters. The average molecular weight is 361 g/mol. The fraction of sp³-hybridized carbons (Fsp3) is 0.294. The number of fused-ring (bicyclic) bond motifs is 1. The second-order valence-corrected chi connectivity index (χ2v) is 8.05. The molecule has 0 fully saturated rings. The zero-order chi connectivity index (χ0) is 18.2. The SMILES string of the molecule is CCOc1ccc(CS(C)(=O)=O)cc1-c1cn(C)c(=O)c2cncn12.